The SMILES string of the molecule is CC(C)=CCNC(=O)c1cc(N)cn1C1CC1. The van der Waals surface area contributed by atoms with E-state index in [0.29, 0.717) is 24.0 Å². The first kappa shape index (κ1) is 11.8. The highest BCUT2D eigenvalue weighted by atomic mass is 16.1. The number of aromatic nitrogens is 1. The van der Waals surface area contributed by atoms with E-state index in [1.54, 1.807) is 6.07 Å². The summed E-state index contributed by atoms with van der Waals surface area (Å²) in [6, 6.07) is 2.22. The lowest BCUT2D eigenvalue weighted by molar-refractivity contribution is 0.0948. The molecule has 1 aromatic heterocycles. The van der Waals surface area contributed by atoms with Gasteiger partial charge < -0.3 is 15.6 Å². The third kappa shape index (κ3) is 2.90. The lowest BCUT2D eigenvalue weighted by atomic mass is 10.3. The second-order valence-corrected chi connectivity index (χ2v) is 4.79. The van der Waals surface area contributed by atoms with Gasteiger partial charge in [-0.2, -0.15) is 0 Å². The molecule has 0 saturated heterocycles. The molecule has 1 heterocycles. The van der Waals surface area contributed by atoms with Gasteiger partial charge in [0.2, 0.25) is 0 Å². The molecular weight excluding hydrogens is 214 g/mol. The lowest BCUT2D eigenvalue weighted by Crippen LogP contribution is -2.25. The molecule has 0 aliphatic heterocycles. The van der Waals surface area contributed by atoms with Crippen LogP contribution in [0.3, 0.4) is 0 Å². The molecule has 1 aliphatic carbocycles. The number of carbonyl (C=O) groups is 1. The van der Waals surface area contributed by atoms with Crippen molar-refractivity contribution in [1.29, 1.82) is 0 Å². The Kier molecular flexibility index (Phi) is 3.22. The van der Waals surface area contributed by atoms with Crippen molar-refractivity contribution in [2.24, 2.45) is 0 Å². The van der Waals surface area contributed by atoms with E-state index in [2.05, 4.69) is 5.32 Å². The van der Waals surface area contributed by atoms with Gasteiger partial charge in [0.1, 0.15) is 5.69 Å². The Hall–Kier alpha value is -1.71. The Balaban J connectivity index is 2.05. The fraction of sp³-hybridized carbons (Fsp3) is 0.462. The van der Waals surface area contributed by atoms with E-state index in [4.69, 9.17) is 5.73 Å². The van der Waals surface area contributed by atoms with Gasteiger partial charge in [-0.1, -0.05) is 11.6 Å². The first-order chi connectivity index (χ1) is 8.08. The van der Waals surface area contributed by atoms with Crippen LogP contribution < -0.4 is 11.1 Å². The molecule has 2 rings (SSSR count). The largest absolute Gasteiger partial charge is 0.397 e. The molecule has 1 saturated carbocycles. The van der Waals surface area contributed by atoms with Gasteiger partial charge in [-0.25, -0.2) is 0 Å². The molecule has 0 unspecified atom stereocenters. The molecule has 0 atom stereocenters. The van der Waals surface area contributed by atoms with Crippen LogP contribution in [0, 0.1) is 0 Å². The summed E-state index contributed by atoms with van der Waals surface area (Å²) in [7, 11) is 0. The Labute approximate surface area is 101 Å². The van der Waals surface area contributed by atoms with Gasteiger partial charge in [-0.3, -0.25) is 4.79 Å². The van der Waals surface area contributed by atoms with Crippen LogP contribution in [-0.2, 0) is 0 Å². The van der Waals surface area contributed by atoms with Crippen LogP contribution in [0.4, 0.5) is 5.69 Å². The number of allylic oxidation sites excluding steroid dienone is 1. The molecule has 1 aliphatic rings. The summed E-state index contributed by atoms with van der Waals surface area (Å²) in [4.78, 5) is 12.0. The zero-order valence-corrected chi connectivity index (χ0v) is 10.4. The number of carbonyl (C=O) groups excluding carboxylic acids is 1. The molecule has 0 bridgehead atoms. The fourth-order valence-corrected chi connectivity index (χ4v) is 1.78. The average Bonchev–Trinajstić information content (AvgIpc) is 3.01. The van der Waals surface area contributed by atoms with Gasteiger partial charge in [0.15, 0.2) is 0 Å². The van der Waals surface area contributed by atoms with Crippen molar-refractivity contribution in [3.8, 4) is 0 Å². The number of nitrogens with one attached hydrogen (secondary N) is 1. The Morgan fingerprint density at radius 2 is 2.29 bits per heavy atom. The number of hydrogen-bond donors (Lipinski definition) is 2. The van der Waals surface area contributed by atoms with Crippen molar-refractivity contribution >= 4 is 11.6 Å². The smallest absolute Gasteiger partial charge is 0.268 e. The quantitative estimate of drug-likeness (QED) is 0.782. The Morgan fingerprint density at radius 3 is 2.88 bits per heavy atom. The highest BCUT2D eigenvalue weighted by molar-refractivity contribution is 5.94. The van der Waals surface area contributed by atoms with Crippen LogP contribution in [0.25, 0.3) is 0 Å². The van der Waals surface area contributed by atoms with Crippen LogP contribution in [0.5, 0.6) is 0 Å². The van der Waals surface area contributed by atoms with E-state index in [9.17, 15) is 4.79 Å². The maximum absolute atomic E-state index is 12.0. The fourth-order valence-electron chi connectivity index (χ4n) is 1.78. The summed E-state index contributed by atoms with van der Waals surface area (Å²) in [6.07, 6.45) is 6.13. The van der Waals surface area contributed by atoms with E-state index in [1.165, 1.54) is 5.57 Å². The van der Waals surface area contributed by atoms with Crippen molar-refractivity contribution in [3.05, 3.63) is 29.6 Å². The standard InChI is InChI=1S/C13H19N3O/c1-9(2)5-6-15-13(17)12-7-10(14)8-16(12)11-3-4-11/h5,7-8,11H,3-4,6,14H2,1-2H3,(H,15,17). The van der Waals surface area contributed by atoms with E-state index < -0.39 is 0 Å². The van der Waals surface area contributed by atoms with Crippen LogP contribution in [0.15, 0.2) is 23.9 Å². The molecule has 17 heavy (non-hydrogen) atoms. The molecule has 0 radical (unpaired) electrons. The number of nitrogen functional groups attached to an aromatic ring is 1. The Bertz CT molecular complexity index is 451. The highest BCUT2D eigenvalue weighted by Gasteiger charge is 2.27. The normalized spacial score (nSPS) is 14.5. The average molecular weight is 233 g/mol. The minimum absolute atomic E-state index is 0.0499. The van der Waals surface area contributed by atoms with E-state index in [-0.39, 0.29) is 5.91 Å². The van der Waals surface area contributed by atoms with Gasteiger partial charge in [0, 0.05) is 18.8 Å². The third-order valence-corrected chi connectivity index (χ3v) is 2.82. The lowest BCUT2D eigenvalue weighted by Gasteiger charge is -2.07. The molecule has 1 amide bonds. The first-order valence-corrected chi connectivity index (χ1v) is 5.97. The van der Waals surface area contributed by atoms with E-state index >= 15 is 0 Å². The van der Waals surface area contributed by atoms with Crippen LogP contribution >= 0.6 is 0 Å². The van der Waals surface area contributed by atoms with Crippen molar-refractivity contribution in [3.63, 3.8) is 0 Å². The summed E-state index contributed by atoms with van der Waals surface area (Å²) >= 11 is 0. The Morgan fingerprint density at radius 1 is 1.59 bits per heavy atom. The molecule has 4 nitrogen and oxygen atoms in total. The predicted molar refractivity (Wildman–Crippen MR) is 68.9 cm³/mol. The second kappa shape index (κ2) is 4.65. The third-order valence-electron chi connectivity index (χ3n) is 2.82. The summed E-state index contributed by atoms with van der Waals surface area (Å²) in [5.74, 6) is -0.0499. The molecule has 3 N–H and O–H groups in total. The summed E-state index contributed by atoms with van der Waals surface area (Å²) in [5, 5.41) is 2.87. The highest BCUT2D eigenvalue weighted by Crippen LogP contribution is 2.37. The maximum atomic E-state index is 12.0. The van der Waals surface area contributed by atoms with E-state index in [0.717, 1.165) is 12.8 Å². The minimum Gasteiger partial charge on any atom is -0.397 e. The molecule has 0 aromatic carbocycles. The van der Waals surface area contributed by atoms with Crippen molar-refractivity contribution in [2.75, 3.05) is 12.3 Å². The van der Waals surface area contributed by atoms with Crippen molar-refractivity contribution < 1.29 is 4.79 Å². The van der Waals surface area contributed by atoms with Gasteiger partial charge >= 0.3 is 0 Å². The number of anilines is 1. The molecule has 0 spiro atoms. The van der Waals surface area contributed by atoms with Crippen LogP contribution in [-0.4, -0.2) is 17.0 Å². The molecular formula is C13H19N3O. The summed E-state index contributed by atoms with van der Waals surface area (Å²) in [5.41, 5.74) is 8.27. The van der Waals surface area contributed by atoms with Crippen molar-refractivity contribution in [1.82, 2.24) is 9.88 Å². The number of rotatable bonds is 4. The van der Waals surface area contributed by atoms with E-state index in [1.807, 2.05) is 30.7 Å². The minimum atomic E-state index is -0.0499. The molecule has 1 fully saturated rings. The summed E-state index contributed by atoms with van der Waals surface area (Å²) in [6.45, 7) is 4.59. The predicted octanol–water partition coefficient (Wildman–Crippen LogP) is 2.10. The van der Waals surface area contributed by atoms with Gasteiger partial charge in [0.25, 0.3) is 5.91 Å². The number of hydrogen-bond acceptors (Lipinski definition) is 2. The van der Waals surface area contributed by atoms with Gasteiger partial charge in [-0.05, 0) is 32.8 Å². The first-order valence-electron chi connectivity index (χ1n) is 5.97. The van der Waals surface area contributed by atoms with Crippen LogP contribution in [0.1, 0.15) is 43.2 Å². The van der Waals surface area contributed by atoms with Crippen LogP contribution in [0.2, 0.25) is 0 Å². The second-order valence-electron chi connectivity index (χ2n) is 4.79. The van der Waals surface area contributed by atoms with Gasteiger partial charge in [0.05, 0.1) is 5.69 Å². The summed E-state index contributed by atoms with van der Waals surface area (Å²) < 4.78 is 1.99. The zero-order valence-electron chi connectivity index (χ0n) is 10.4. The number of amides is 1. The monoisotopic (exact) mass is 233 g/mol. The number of nitrogens with two attached hydrogens (primary N) is 1. The zero-order chi connectivity index (χ0) is 12.4. The topological polar surface area (TPSA) is 60.1 Å². The maximum Gasteiger partial charge on any atom is 0.268 e. The molecule has 92 valence electrons. The molecule has 4 heteroatoms. The molecule has 1 aromatic rings. The number of nitrogens with zero attached hydrogens (tertiary/aromatic N) is 1. The van der Waals surface area contributed by atoms with Crippen molar-refractivity contribution in [2.45, 2.75) is 32.7 Å². The van der Waals surface area contributed by atoms with Gasteiger partial charge in [-0.15, -0.1) is 0 Å².